The van der Waals surface area contributed by atoms with Gasteiger partial charge in [-0.2, -0.15) is 10.1 Å². The molecule has 3 aromatic heterocycles. The summed E-state index contributed by atoms with van der Waals surface area (Å²) in [6, 6.07) is 0.354. The van der Waals surface area contributed by atoms with E-state index >= 15 is 0 Å². The van der Waals surface area contributed by atoms with Crippen molar-refractivity contribution in [2.24, 2.45) is 0 Å². The second kappa shape index (κ2) is 8.74. The minimum atomic E-state index is -0.601. The third-order valence-electron chi connectivity index (χ3n) is 9.29. The van der Waals surface area contributed by atoms with Gasteiger partial charge in [-0.15, -0.1) is 0 Å². The summed E-state index contributed by atoms with van der Waals surface area (Å²) in [7, 11) is 2.16. The number of rotatable bonds is 4. The summed E-state index contributed by atoms with van der Waals surface area (Å²) in [5.41, 5.74) is 3.23. The molecule has 3 atom stereocenters. The predicted molar refractivity (Wildman–Crippen MR) is 135 cm³/mol. The number of hydrogen-bond donors (Lipinski definition) is 1. The molecule has 37 heavy (non-hydrogen) atoms. The zero-order valence-electron chi connectivity index (χ0n) is 22.0. The molecule has 2 aliphatic heterocycles. The molecule has 4 aliphatic rings. The van der Waals surface area contributed by atoms with Crippen LogP contribution in [-0.4, -0.2) is 75.0 Å². The molecule has 7 rings (SSSR count). The van der Waals surface area contributed by atoms with Crippen molar-refractivity contribution >= 4 is 11.0 Å². The molecule has 2 saturated heterocycles. The molecule has 1 saturated carbocycles. The van der Waals surface area contributed by atoms with E-state index in [1.54, 1.807) is 0 Å². The molecule has 10 nitrogen and oxygen atoms in total. The molecule has 1 N–H and O–H groups in total. The fourth-order valence-electron chi connectivity index (χ4n) is 7.48. The van der Waals surface area contributed by atoms with Gasteiger partial charge >= 0.3 is 0 Å². The van der Waals surface area contributed by atoms with Gasteiger partial charge in [0.05, 0.1) is 24.3 Å². The Morgan fingerprint density at radius 2 is 1.89 bits per heavy atom. The van der Waals surface area contributed by atoms with Crippen LogP contribution in [-0.2, 0) is 21.3 Å². The Kier molecular flexibility index (Phi) is 5.57. The highest BCUT2D eigenvalue weighted by Gasteiger charge is 2.61. The van der Waals surface area contributed by atoms with E-state index in [0.29, 0.717) is 42.4 Å². The van der Waals surface area contributed by atoms with Crippen LogP contribution in [0.4, 0.5) is 0 Å². The van der Waals surface area contributed by atoms with E-state index in [-0.39, 0.29) is 11.5 Å². The molecule has 3 aromatic rings. The van der Waals surface area contributed by atoms with Crippen molar-refractivity contribution in [2.75, 3.05) is 26.8 Å². The van der Waals surface area contributed by atoms with Gasteiger partial charge in [-0.25, -0.2) is 4.98 Å². The Morgan fingerprint density at radius 3 is 2.70 bits per heavy atom. The first kappa shape index (κ1) is 23.5. The maximum absolute atomic E-state index is 6.54. The maximum atomic E-state index is 6.54. The fourth-order valence-corrected chi connectivity index (χ4v) is 7.48. The number of aryl methyl sites for hydroxylation is 1. The molecule has 2 aliphatic carbocycles. The highest BCUT2D eigenvalue weighted by molar-refractivity contribution is 5.84. The van der Waals surface area contributed by atoms with E-state index < -0.39 is 5.79 Å². The number of fused-ring (bicyclic) bond motifs is 4. The molecule has 0 unspecified atom stereocenters. The van der Waals surface area contributed by atoms with E-state index in [0.717, 1.165) is 80.2 Å². The van der Waals surface area contributed by atoms with Crippen LogP contribution in [0, 0.1) is 6.92 Å². The third kappa shape index (κ3) is 3.48. The summed E-state index contributed by atoms with van der Waals surface area (Å²) in [4.78, 5) is 12.1. The smallest absolute Gasteiger partial charge is 0.229 e. The summed E-state index contributed by atoms with van der Waals surface area (Å²) in [6.45, 7) is 6.46. The lowest BCUT2D eigenvalue weighted by atomic mass is 9.61. The van der Waals surface area contributed by atoms with Crippen molar-refractivity contribution in [1.29, 1.82) is 0 Å². The second-order valence-corrected chi connectivity index (χ2v) is 11.3. The van der Waals surface area contributed by atoms with Crippen molar-refractivity contribution in [1.82, 2.24) is 30.2 Å². The first-order valence-corrected chi connectivity index (χ1v) is 13.9. The predicted octanol–water partition coefficient (Wildman–Crippen LogP) is 4.07. The van der Waals surface area contributed by atoms with E-state index in [1.165, 1.54) is 6.42 Å². The number of likely N-dealkylation sites (N-methyl/N-ethyl adjacent to an activating group) is 1. The topological polar surface area (TPSA) is 111 Å². The van der Waals surface area contributed by atoms with Crippen molar-refractivity contribution in [2.45, 2.75) is 95.0 Å². The van der Waals surface area contributed by atoms with Gasteiger partial charge in [0, 0.05) is 23.7 Å². The minimum absolute atomic E-state index is 0.0154. The van der Waals surface area contributed by atoms with Crippen molar-refractivity contribution in [3.8, 4) is 17.5 Å². The maximum Gasteiger partial charge on any atom is 0.229 e. The van der Waals surface area contributed by atoms with Gasteiger partial charge in [-0.05, 0) is 72.4 Å². The molecule has 5 heterocycles. The van der Waals surface area contributed by atoms with Gasteiger partial charge in [0.1, 0.15) is 11.5 Å². The third-order valence-corrected chi connectivity index (χ3v) is 9.29. The van der Waals surface area contributed by atoms with Gasteiger partial charge < -0.3 is 18.7 Å². The molecule has 198 valence electrons. The van der Waals surface area contributed by atoms with Crippen LogP contribution in [0.1, 0.15) is 75.2 Å². The lowest BCUT2D eigenvalue weighted by molar-refractivity contribution is -0.231. The van der Waals surface area contributed by atoms with E-state index in [1.807, 2.05) is 6.92 Å². The number of hydrogen-bond acceptors (Lipinski definition) is 9. The van der Waals surface area contributed by atoms with Crippen LogP contribution in [0.5, 0.6) is 5.88 Å². The lowest BCUT2D eigenvalue weighted by Crippen LogP contribution is -2.56. The summed E-state index contributed by atoms with van der Waals surface area (Å²) in [6.07, 6.45) is 9.30. The van der Waals surface area contributed by atoms with Crippen LogP contribution in [0.15, 0.2) is 4.52 Å². The number of ether oxygens (including phenoxy) is 3. The lowest BCUT2D eigenvalue weighted by Gasteiger charge is -2.50. The molecule has 0 bridgehead atoms. The van der Waals surface area contributed by atoms with E-state index in [4.69, 9.17) is 28.7 Å². The second-order valence-electron chi connectivity index (χ2n) is 11.3. The summed E-state index contributed by atoms with van der Waals surface area (Å²) >= 11 is 0. The average molecular weight is 509 g/mol. The van der Waals surface area contributed by atoms with E-state index in [9.17, 15) is 0 Å². The monoisotopic (exact) mass is 508 g/mol. The largest absolute Gasteiger partial charge is 0.472 e. The molecule has 3 fully saturated rings. The highest BCUT2D eigenvalue weighted by Crippen LogP contribution is 2.56. The molecular formula is C27H36N6O4. The average Bonchev–Trinajstić information content (AvgIpc) is 3.69. The quantitative estimate of drug-likeness (QED) is 0.557. The number of H-pyrrole nitrogens is 1. The minimum Gasteiger partial charge on any atom is -0.472 e. The van der Waals surface area contributed by atoms with Gasteiger partial charge in [-0.1, -0.05) is 11.6 Å². The highest BCUT2D eigenvalue weighted by atomic mass is 16.7. The number of aromatic amines is 1. The number of aromatic nitrogens is 5. The fraction of sp³-hybridized carbons (Fsp3) is 0.704. The normalized spacial score (nSPS) is 28.4. The Balaban J connectivity index is 1.31. The molecular weight excluding hydrogens is 472 g/mol. The van der Waals surface area contributed by atoms with Crippen LogP contribution < -0.4 is 4.74 Å². The van der Waals surface area contributed by atoms with Crippen molar-refractivity contribution < 1.29 is 18.7 Å². The summed E-state index contributed by atoms with van der Waals surface area (Å²) in [5, 5.41) is 13.0. The number of nitrogens with one attached hydrogen (secondary N) is 1. The van der Waals surface area contributed by atoms with Crippen LogP contribution in [0.3, 0.4) is 0 Å². The Labute approximate surface area is 216 Å². The van der Waals surface area contributed by atoms with Crippen LogP contribution in [0.25, 0.3) is 22.6 Å². The summed E-state index contributed by atoms with van der Waals surface area (Å²) in [5.74, 6) is 1.04. The zero-order chi connectivity index (χ0) is 25.2. The Morgan fingerprint density at radius 1 is 1.08 bits per heavy atom. The standard InChI is InChI=1S/C27H36N6O4/c1-16-20-23(31-30-16)28-24(29-25(20)36-17(2)19-9-7-13-33(19)3)21-18-8-6-11-26(22(18)32-37-21)10-4-5-12-27(26)34-14-15-35-27/h17,19H,4-15H2,1-3H3,(H,28,29,30,31)/t17-,19-,26-/m0/s1. The first-order chi connectivity index (χ1) is 18.0. The molecule has 0 amide bonds. The SMILES string of the molecule is Cc1[nH]nc2nc(-c3onc4c3CCC[C@@]43CCCCC34OCCO4)nc(O[C@@H](C)[C@@H]3CCCN3C)c12. The molecule has 0 aromatic carbocycles. The van der Waals surface area contributed by atoms with E-state index in [2.05, 4.69) is 34.2 Å². The van der Waals surface area contributed by atoms with Crippen molar-refractivity contribution in [3.05, 3.63) is 17.0 Å². The number of likely N-dealkylation sites (tertiary alicyclic amines) is 1. The van der Waals surface area contributed by atoms with Gasteiger partial charge in [-0.3, -0.25) is 10.00 Å². The first-order valence-electron chi connectivity index (χ1n) is 13.9. The van der Waals surface area contributed by atoms with Gasteiger partial charge in [0.25, 0.3) is 0 Å². The molecule has 10 heteroatoms. The van der Waals surface area contributed by atoms with Gasteiger partial charge in [0.2, 0.25) is 17.5 Å². The zero-order valence-corrected chi connectivity index (χ0v) is 22.0. The van der Waals surface area contributed by atoms with Crippen LogP contribution in [0.2, 0.25) is 0 Å². The molecule has 2 spiro atoms. The van der Waals surface area contributed by atoms with Crippen LogP contribution >= 0.6 is 0 Å². The molecule has 0 radical (unpaired) electrons. The van der Waals surface area contributed by atoms with Crippen molar-refractivity contribution in [3.63, 3.8) is 0 Å². The Hall–Kier alpha value is -2.56. The number of nitrogens with zero attached hydrogens (tertiary/aromatic N) is 5. The summed E-state index contributed by atoms with van der Waals surface area (Å²) < 4.78 is 25.3. The Bertz CT molecular complexity index is 1310. The van der Waals surface area contributed by atoms with Gasteiger partial charge in [0.15, 0.2) is 11.4 Å².